The van der Waals surface area contributed by atoms with Gasteiger partial charge >= 0.3 is 0 Å². The van der Waals surface area contributed by atoms with E-state index in [-0.39, 0.29) is 5.91 Å². The molecule has 0 unspecified atom stereocenters. The molecule has 1 atom stereocenters. The fourth-order valence-corrected chi connectivity index (χ4v) is 3.14. The van der Waals surface area contributed by atoms with Crippen molar-refractivity contribution in [2.45, 2.75) is 18.6 Å². The van der Waals surface area contributed by atoms with Gasteiger partial charge in [0.15, 0.2) is 0 Å². The number of hydrogen-bond donors (Lipinski definition) is 1. The van der Waals surface area contributed by atoms with E-state index in [2.05, 4.69) is 52.4 Å². The van der Waals surface area contributed by atoms with Crippen LogP contribution in [0.25, 0.3) is 0 Å². The number of carbonyl (C=O) groups excluding carboxylic acids is 1. The van der Waals surface area contributed by atoms with Gasteiger partial charge in [0.1, 0.15) is 0 Å². The molecule has 2 aromatic rings. The molecule has 0 saturated carbocycles. The number of nitrogens with one attached hydrogen (secondary N) is 1. The summed E-state index contributed by atoms with van der Waals surface area (Å²) in [5.74, 6) is 1.79. The second-order valence-electron chi connectivity index (χ2n) is 5.24. The normalized spacial score (nSPS) is 11.9. The SMILES string of the molecule is C[C@@H](CNC(=O)CSCc1ccc(Br)cc1)c1ccccc1. The largest absolute Gasteiger partial charge is 0.355 e. The highest BCUT2D eigenvalue weighted by atomic mass is 79.9. The lowest BCUT2D eigenvalue weighted by molar-refractivity contribution is -0.118. The molecular weight excluding hydrogens is 358 g/mol. The molecule has 0 heterocycles. The van der Waals surface area contributed by atoms with Gasteiger partial charge in [0.2, 0.25) is 5.91 Å². The molecule has 1 N–H and O–H groups in total. The van der Waals surface area contributed by atoms with Gasteiger partial charge in [-0.15, -0.1) is 11.8 Å². The maximum Gasteiger partial charge on any atom is 0.230 e. The van der Waals surface area contributed by atoms with E-state index >= 15 is 0 Å². The topological polar surface area (TPSA) is 29.1 Å². The molecule has 0 aliphatic rings. The molecule has 0 aliphatic heterocycles. The molecule has 0 saturated heterocycles. The summed E-state index contributed by atoms with van der Waals surface area (Å²) >= 11 is 5.06. The summed E-state index contributed by atoms with van der Waals surface area (Å²) in [5, 5.41) is 3.01. The second-order valence-corrected chi connectivity index (χ2v) is 7.14. The quantitative estimate of drug-likeness (QED) is 0.763. The zero-order valence-electron chi connectivity index (χ0n) is 12.6. The van der Waals surface area contributed by atoms with Crippen LogP contribution in [0.3, 0.4) is 0 Å². The Bertz CT molecular complexity index is 586. The van der Waals surface area contributed by atoms with Crippen LogP contribution in [0.2, 0.25) is 0 Å². The Morgan fingerprint density at radius 3 is 2.50 bits per heavy atom. The summed E-state index contributed by atoms with van der Waals surface area (Å²) < 4.78 is 1.08. The number of benzene rings is 2. The van der Waals surface area contributed by atoms with Crippen molar-refractivity contribution in [1.29, 1.82) is 0 Å². The van der Waals surface area contributed by atoms with Crippen molar-refractivity contribution in [2.75, 3.05) is 12.3 Å². The maximum absolute atomic E-state index is 11.9. The van der Waals surface area contributed by atoms with E-state index in [1.54, 1.807) is 11.8 Å². The number of halogens is 1. The van der Waals surface area contributed by atoms with Crippen LogP contribution in [0.15, 0.2) is 59.1 Å². The Balaban J connectivity index is 1.66. The predicted octanol–water partition coefficient (Wildman–Crippen LogP) is 4.60. The molecule has 1 amide bonds. The first-order valence-electron chi connectivity index (χ1n) is 7.29. The molecule has 2 rings (SSSR count). The molecule has 116 valence electrons. The molecule has 0 spiro atoms. The van der Waals surface area contributed by atoms with Crippen molar-refractivity contribution in [3.8, 4) is 0 Å². The Kier molecular flexibility index (Phi) is 7.00. The highest BCUT2D eigenvalue weighted by Crippen LogP contribution is 2.16. The molecule has 0 aromatic heterocycles. The van der Waals surface area contributed by atoms with E-state index in [1.165, 1.54) is 11.1 Å². The van der Waals surface area contributed by atoms with Gasteiger partial charge in [0.05, 0.1) is 5.75 Å². The highest BCUT2D eigenvalue weighted by Gasteiger charge is 2.07. The van der Waals surface area contributed by atoms with Crippen LogP contribution in [0.5, 0.6) is 0 Å². The third kappa shape index (κ3) is 5.85. The standard InChI is InChI=1S/C18H20BrNOS/c1-14(16-5-3-2-4-6-16)11-20-18(21)13-22-12-15-7-9-17(19)10-8-15/h2-10,14H,11-13H2,1H3,(H,20,21)/t14-/m0/s1. The monoisotopic (exact) mass is 377 g/mol. The smallest absolute Gasteiger partial charge is 0.230 e. The van der Waals surface area contributed by atoms with E-state index in [0.29, 0.717) is 18.2 Å². The Morgan fingerprint density at radius 2 is 1.82 bits per heavy atom. The predicted molar refractivity (Wildman–Crippen MR) is 98.2 cm³/mol. The van der Waals surface area contributed by atoms with E-state index in [9.17, 15) is 4.79 Å². The summed E-state index contributed by atoms with van der Waals surface area (Å²) in [6.45, 7) is 2.81. The van der Waals surface area contributed by atoms with Gasteiger partial charge in [-0.05, 0) is 29.2 Å². The fraction of sp³-hybridized carbons (Fsp3) is 0.278. The summed E-state index contributed by atoms with van der Waals surface area (Å²) in [6.07, 6.45) is 0. The van der Waals surface area contributed by atoms with Crippen molar-refractivity contribution in [2.24, 2.45) is 0 Å². The first kappa shape index (κ1) is 17.1. The zero-order chi connectivity index (χ0) is 15.8. The van der Waals surface area contributed by atoms with Crippen LogP contribution in [-0.4, -0.2) is 18.2 Å². The van der Waals surface area contributed by atoms with Gasteiger partial charge in [-0.25, -0.2) is 0 Å². The van der Waals surface area contributed by atoms with Crippen LogP contribution >= 0.6 is 27.7 Å². The number of rotatable bonds is 7. The van der Waals surface area contributed by atoms with Gasteiger partial charge < -0.3 is 5.32 Å². The van der Waals surface area contributed by atoms with Crippen molar-refractivity contribution in [3.63, 3.8) is 0 Å². The van der Waals surface area contributed by atoms with Crippen LogP contribution in [0.4, 0.5) is 0 Å². The van der Waals surface area contributed by atoms with Gasteiger partial charge in [-0.1, -0.05) is 65.3 Å². The minimum Gasteiger partial charge on any atom is -0.355 e. The molecule has 0 bridgehead atoms. The first-order valence-corrected chi connectivity index (χ1v) is 9.24. The third-order valence-electron chi connectivity index (χ3n) is 3.39. The van der Waals surface area contributed by atoms with Crippen LogP contribution in [0, 0.1) is 0 Å². The van der Waals surface area contributed by atoms with Crippen LogP contribution in [0.1, 0.15) is 24.0 Å². The molecule has 22 heavy (non-hydrogen) atoms. The zero-order valence-corrected chi connectivity index (χ0v) is 15.0. The van der Waals surface area contributed by atoms with Crippen LogP contribution < -0.4 is 5.32 Å². The number of hydrogen-bond acceptors (Lipinski definition) is 2. The van der Waals surface area contributed by atoms with E-state index in [1.807, 2.05) is 30.3 Å². The lowest BCUT2D eigenvalue weighted by Crippen LogP contribution is -2.29. The van der Waals surface area contributed by atoms with Crippen molar-refractivity contribution in [1.82, 2.24) is 5.32 Å². The second kappa shape index (κ2) is 9.01. The van der Waals surface area contributed by atoms with E-state index in [0.717, 1.165) is 10.2 Å². The van der Waals surface area contributed by atoms with E-state index in [4.69, 9.17) is 0 Å². The average molecular weight is 378 g/mol. The summed E-state index contributed by atoms with van der Waals surface area (Å²) in [6, 6.07) is 18.5. The Morgan fingerprint density at radius 1 is 1.14 bits per heavy atom. The molecule has 2 nitrogen and oxygen atoms in total. The molecule has 0 radical (unpaired) electrons. The van der Waals surface area contributed by atoms with Gasteiger partial charge in [0.25, 0.3) is 0 Å². The molecule has 2 aromatic carbocycles. The highest BCUT2D eigenvalue weighted by molar-refractivity contribution is 9.10. The summed E-state index contributed by atoms with van der Waals surface area (Å²) in [7, 11) is 0. The molecule has 0 fully saturated rings. The number of thioether (sulfide) groups is 1. The van der Waals surface area contributed by atoms with Gasteiger partial charge in [0, 0.05) is 16.8 Å². The fourth-order valence-electron chi connectivity index (χ4n) is 2.06. The first-order chi connectivity index (χ1) is 10.6. The van der Waals surface area contributed by atoms with Crippen LogP contribution in [-0.2, 0) is 10.5 Å². The lowest BCUT2D eigenvalue weighted by atomic mass is 10.0. The minimum absolute atomic E-state index is 0.102. The Hall–Kier alpha value is -1.26. The number of carbonyl (C=O) groups is 1. The average Bonchev–Trinajstić information content (AvgIpc) is 2.55. The summed E-state index contributed by atoms with van der Waals surface area (Å²) in [4.78, 5) is 11.9. The van der Waals surface area contributed by atoms with Gasteiger partial charge in [-0.2, -0.15) is 0 Å². The molecule has 0 aliphatic carbocycles. The van der Waals surface area contributed by atoms with Gasteiger partial charge in [-0.3, -0.25) is 4.79 Å². The molecule has 4 heteroatoms. The Labute approximate surface area is 144 Å². The molecular formula is C18H20BrNOS. The van der Waals surface area contributed by atoms with E-state index < -0.39 is 0 Å². The van der Waals surface area contributed by atoms with Crippen molar-refractivity contribution in [3.05, 3.63) is 70.2 Å². The van der Waals surface area contributed by atoms with Crippen molar-refractivity contribution < 1.29 is 4.79 Å². The number of amides is 1. The third-order valence-corrected chi connectivity index (χ3v) is 4.92. The summed E-state index contributed by atoms with van der Waals surface area (Å²) in [5.41, 5.74) is 2.49. The van der Waals surface area contributed by atoms with Crippen molar-refractivity contribution >= 4 is 33.6 Å². The minimum atomic E-state index is 0.102. The lowest BCUT2D eigenvalue weighted by Gasteiger charge is -2.13. The maximum atomic E-state index is 11.9.